The van der Waals surface area contributed by atoms with Gasteiger partial charge in [0.25, 0.3) is 5.91 Å². The number of rotatable bonds is 3. The van der Waals surface area contributed by atoms with E-state index in [2.05, 4.69) is 4.98 Å². The van der Waals surface area contributed by atoms with Crippen LogP contribution in [0.25, 0.3) is 11.3 Å². The standard InChI is InChI=1S/C22H21N3O5S/c1-14-13-24(22(27)21-5-4-10-30-21)20-11-16(6-9-19(20)25(14)15(2)26)18-8-7-17(12-23-18)31(3,28)29/h4-12,14H,13H2,1-3H3. The number of sulfone groups is 1. The number of anilines is 2. The maximum Gasteiger partial charge on any atom is 0.294 e. The van der Waals surface area contributed by atoms with E-state index in [0.717, 1.165) is 6.26 Å². The molecule has 1 aliphatic rings. The molecule has 2 amide bonds. The van der Waals surface area contributed by atoms with Crippen LogP contribution < -0.4 is 9.80 Å². The van der Waals surface area contributed by atoms with E-state index in [-0.39, 0.29) is 28.5 Å². The van der Waals surface area contributed by atoms with E-state index in [9.17, 15) is 18.0 Å². The zero-order valence-electron chi connectivity index (χ0n) is 17.3. The van der Waals surface area contributed by atoms with Crippen LogP contribution in [-0.2, 0) is 14.6 Å². The van der Waals surface area contributed by atoms with Crippen molar-refractivity contribution in [1.29, 1.82) is 0 Å². The first kappa shape index (κ1) is 20.8. The van der Waals surface area contributed by atoms with Gasteiger partial charge in [-0.25, -0.2) is 8.42 Å². The van der Waals surface area contributed by atoms with Gasteiger partial charge < -0.3 is 14.2 Å². The molecule has 0 bridgehead atoms. The highest BCUT2D eigenvalue weighted by Gasteiger charge is 2.35. The van der Waals surface area contributed by atoms with Gasteiger partial charge in [-0.05, 0) is 43.3 Å². The lowest BCUT2D eigenvalue weighted by Crippen LogP contribution is -2.51. The van der Waals surface area contributed by atoms with Crippen molar-refractivity contribution in [3.05, 3.63) is 60.7 Å². The zero-order chi connectivity index (χ0) is 22.3. The summed E-state index contributed by atoms with van der Waals surface area (Å²) in [6, 6.07) is 11.5. The van der Waals surface area contributed by atoms with Crippen LogP contribution in [0.3, 0.4) is 0 Å². The van der Waals surface area contributed by atoms with Crippen LogP contribution in [0.4, 0.5) is 11.4 Å². The molecule has 4 rings (SSSR count). The number of benzene rings is 1. The number of pyridine rings is 1. The summed E-state index contributed by atoms with van der Waals surface area (Å²) in [6.45, 7) is 3.67. The number of hydrogen-bond acceptors (Lipinski definition) is 6. The minimum atomic E-state index is -3.35. The van der Waals surface area contributed by atoms with Crippen molar-refractivity contribution in [3.8, 4) is 11.3 Å². The Hall–Kier alpha value is -3.46. The minimum absolute atomic E-state index is 0.123. The summed E-state index contributed by atoms with van der Waals surface area (Å²) >= 11 is 0. The quantitative estimate of drug-likeness (QED) is 0.621. The molecule has 3 aromatic rings. The van der Waals surface area contributed by atoms with Gasteiger partial charge in [0.15, 0.2) is 15.6 Å². The second-order valence-corrected chi connectivity index (χ2v) is 9.50. The molecule has 0 N–H and O–H groups in total. The Labute approximate surface area is 180 Å². The Morgan fingerprint density at radius 2 is 1.90 bits per heavy atom. The van der Waals surface area contributed by atoms with Crippen molar-refractivity contribution < 1.29 is 22.4 Å². The maximum atomic E-state index is 13.1. The first-order chi connectivity index (χ1) is 14.7. The fourth-order valence-electron chi connectivity index (χ4n) is 3.76. The van der Waals surface area contributed by atoms with E-state index in [1.54, 1.807) is 46.2 Å². The van der Waals surface area contributed by atoms with Crippen LogP contribution in [0, 0.1) is 0 Å². The molecule has 1 aliphatic heterocycles. The fourth-order valence-corrected chi connectivity index (χ4v) is 4.32. The van der Waals surface area contributed by atoms with Crippen LogP contribution in [0.2, 0.25) is 0 Å². The van der Waals surface area contributed by atoms with Gasteiger partial charge in [0.1, 0.15) is 0 Å². The minimum Gasteiger partial charge on any atom is -0.459 e. The monoisotopic (exact) mass is 439 g/mol. The van der Waals surface area contributed by atoms with E-state index < -0.39 is 9.84 Å². The normalized spacial score (nSPS) is 16.2. The summed E-state index contributed by atoms with van der Waals surface area (Å²) in [5, 5.41) is 0. The van der Waals surface area contributed by atoms with Gasteiger partial charge in [0, 0.05) is 31.5 Å². The molecule has 8 nitrogen and oxygen atoms in total. The molecule has 2 aromatic heterocycles. The molecule has 0 spiro atoms. The molecule has 0 radical (unpaired) electrons. The fraction of sp³-hybridized carbons (Fsp3) is 0.227. The molecule has 0 saturated heterocycles. The lowest BCUT2D eigenvalue weighted by Gasteiger charge is -2.40. The third-order valence-electron chi connectivity index (χ3n) is 5.19. The van der Waals surface area contributed by atoms with E-state index in [1.807, 2.05) is 6.92 Å². The lowest BCUT2D eigenvalue weighted by molar-refractivity contribution is -0.117. The predicted octanol–water partition coefficient (Wildman–Crippen LogP) is 3.15. The van der Waals surface area contributed by atoms with Crippen molar-refractivity contribution in [1.82, 2.24) is 4.98 Å². The molecule has 1 aromatic carbocycles. The van der Waals surface area contributed by atoms with Gasteiger partial charge in [-0.15, -0.1) is 0 Å². The Bertz CT molecular complexity index is 1250. The highest BCUT2D eigenvalue weighted by Crippen LogP contribution is 2.39. The van der Waals surface area contributed by atoms with E-state index in [1.165, 1.54) is 25.5 Å². The Balaban J connectivity index is 1.81. The van der Waals surface area contributed by atoms with Crippen LogP contribution in [-0.4, -0.2) is 44.1 Å². The molecule has 0 fully saturated rings. The largest absolute Gasteiger partial charge is 0.459 e. The summed E-state index contributed by atoms with van der Waals surface area (Å²) in [4.78, 5) is 33.0. The number of carbonyl (C=O) groups is 2. The van der Waals surface area contributed by atoms with Crippen molar-refractivity contribution in [2.24, 2.45) is 0 Å². The number of amides is 2. The molecule has 3 heterocycles. The predicted molar refractivity (Wildman–Crippen MR) is 116 cm³/mol. The number of carbonyl (C=O) groups excluding carboxylic acids is 2. The molecule has 0 saturated carbocycles. The molecular weight excluding hydrogens is 418 g/mol. The average Bonchev–Trinajstić information content (AvgIpc) is 3.26. The molecular formula is C22H21N3O5S. The first-order valence-electron chi connectivity index (χ1n) is 9.62. The smallest absolute Gasteiger partial charge is 0.294 e. The van der Waals surface area contributed by atoms with Crippen LogP contribution in [0.5, 0.6) is 0 Å². The Kier molecular flexibility index (Phi) is 5.14. The molecule has 1 unspecified atom stereocenters. The summed E-state index contributed by atoms with van der Waals surface area (Å²) < 4.78 is 28.7. The first-order valence-corrected chi connectivity index (χ1v) is 11.5. The van der Waals surface area contributed by atoms with Gasteiger partial charge >= 0.3 is 0 Å². The van der Waals surface area contributed by atoms with Gasteiger partial charge in [0.05, 0.1) is 34.3 Å². The van der Waals surface area contributed by atoms with Crippen molar-refractivity contribution in [2.45, 2.75) is 24.8 Å². The second-order valence-electron chi connectivity index (χ2n) is 7.49. The van der Waals surface area contributed by atoms with E-state index in [0.29, 0.717) is 29.2 Å². The second kappa shape index (κ2) is 7.66. The van der Waals surface area contributed by atoms with Gasteiger partial charge in [-0.3, -0.25) is 14.6 Å². The molecule has 31 heavy (non-hydrogen) atoms. The summed E-state index contributed by atoms with van der Waals surface area (Å²) in [5.74, 6) is -0.225. The van der Waals surface area contributed by atoms with Crippen LogP contribution >= 0.6 is 0 Å². The third kappa shape index (κ3) is 3.84. The SMILES string of the molecule is CC(=O)N1c2ccc(-c3ccc(S(C)(=O)=O)cn3)cc2N(C(=O)c2ccco2)CC1C. The highest BCUT2D eigenvalue weighted by molar-refractivity contribution is 7.90. The average molecular weight is 439 g/mol. The van der Waals surface area contributed by atoms with Gasteiger partial charge in [-0.2, -0.15) is 0 Å². The topological polar surface area (TPSA) is 101 Å². The summed E-state index contributed by atoms with van der Waals surface area (Å²) in [6.07, 6.45) is 3.87. The number of hydrogen-bond donors (Lipinski definition) is 0. The number of furan rings is 1. The molecule has 9 heteroatoms. The Morgan fingerprint density at radius 3 is 2.48 bits per heavy atom. The van der Waals surface area contributed by atoms with E-state index in [4.69, 9.17) is 4.42 Å². The molecule has 160 valence electrons. The number of aromatic nitrogens is 1. The highest BCUT2D eigenvalue weighted by atomic mass is 32.2. The molecule has 0 aliphatic carbocycles. The van der Waals surface area contributed by atoms with Gasteiger partial charge in [-0.1, -0.05) is 6.07 Å². The van der Waals surface area contributed by atoms with Crippen LogP contribution in [0.15, 0.2) is 64.2 Å². The van der Waals surface area contributed by atoms with Crippen molar-refractivity contribution >= 4 is 33.0 Å². The van der Waals surface area contributed by atoms with Gasteiger partial charge in [0.2, 0.25) is 5.91 Å². The zero-order valence-corrected chi connectivity index (χ0v) is 18.1. The summed E-state index contributed by atoms with van der Waals surface area (Å²) in [5.41, 5.74) is 2.41. The lowest BCUT2D eigenvalue weighted by atomic mass is 10.0. The Morgan fingerprint density at radius 1 is 1.13 bits per heavy atom. The third-order valence-corrected chi connectivity index (χ3v) is 6.29. The number of fused-ring (bicyclic) bond motifs is 1. The summed E-state index contributed by atoms with van der Waals surface area (Å²) in [7, 11) is -3.35. The van der Waals surface area contributed by atoms with Crippen molar-refractivity contribution in [3.63, 3.8) is 0 Å². The maximum absolute atomic E-state index is 13.1. The van der Waals surface area contributed by atoms with Crippen molar-refractivity contribution in [2.75, 3.05) is 22.6 Å². The molecule has 1 atom stereocenters. The van der Waals surface area contributed by atoms with E-state index >= 15 is 0 Å². The van der Waals surface area contributed by atoms with Crippen LogP contribution in [0.1, 0.15) is 24.4 Å². The number of nitrogens with zero attached hydrogens (tertiary/aromatic N) is 3.